The van der Waals surface area contributed by atoms with Gasteiger partial charge in [0.2, 0.25) is 0 Å². The Labute approximate surface area is 122 Å². The van der Waals surface area contributed by atoms with Gasteiger partial charge in [0.05, 0.1) is 5.56 Å². The van der Waals surface area contributed by atoms with E-state index in [1.165, 1.54) is 12.1 Å². The minimum Gasteiger partial charge on any atom is -0.361 e. The molecular weight excluding hydrogens is 267 g/mol. The Bertz CT molecular complexity index is 694. The maximum atomic E-state index is 13.1. The number of halogens is 1. The Morgan fingerprint density at radius 2 is 1.76 bits per heavy atom. The highest BCUT2D eigenvalue weighted by atomic mass is 19.1. The van der Waals surface area contributed by atoms with Crippen molar-refractivity contribution < 1.29 is 9.18 Å². The lowest BCUT2D eigenvalue weighted by Crippen LogP contribution is -2.44. The number of para-hydroxylation sites is 1. The van der Waals surface area contributed by atoms with E-state index in [1.807, 2.05) is 29.2 Å². The van der Waals surface area contributed by atoms with Crippen molar-refractivity contribution in [2.24, 2.45) is 0 Å². The Hall–Kier alpha value is -2.36. The van der Waals surface area contributed by atoms with Crippen molar-refractivity contribution in [1.29, 1.82) is 0 Å². The van der Waals surface area contributed by atoms with Crippen molar-refractivity contribution in [2.45, 2.75) is 25.0 Å². The molecule has 2 aromatic carbocycles. The molecule has 2 aliphatic rings. The quantitative estimate of drug-likeness (QED) is 0.913. The molecule has 0 radical (unpaired) electrons. The molecule has 0 spiro atoms. The summed E-state index contributed by atoms with van der Waals surface area (Å²) in [6.45, 7) is 0. The van der Waals surface area contributed by atoms with E-state index in [1.54, 1.807) is 12.1 Å². The number of carbonyl (C=O) groups is 1. The fraction of sp³-hybridized carbons (Fsp3) is 0.235. The van der Waals surface area contributed by atoms with Crippen LogP contribution in [-0.2, 0) is 0 Å². The average Bonchev–Trinajstić information content (AvgIpc) is 3.32. The standard InChI is InChI=1S/C17H15FN2O/c18-12-7-5-11(6-8-12)16-19-15-4-2-1-3-14(15)17(21)20(16)13-9-10-13/h1-8,13,16,19H,9-10H2/t16-/m0/s1. The number of hydrogen-bond acceptors (Lipinski definition) is 2. The highest BCUT2D eigenvalue weighted by Crippen LogP contribution is 2.40. The molecule has 1 fully saturated rings. The molecule has 0 bridgehead atoms. The molecule has 1 N–H and O–H groups in total. The second-order valence-corrected chi connectivity index (χ2v) is 5.59. The molecule has 3 nitrogen and oxygen atoms in total. The zero-order valence-corrected chi connectivity index (χ0v) is 11.4. The number of nitrogens with zero attached hydrogens (tertiary/aromatic N) is 1. The summed E-state index contributed by atoms with van der Waals surface area (Å²) in [6.07, 6.45) is 1.85. The zero-order valence-electron chi connectivity index (χ0n) is 11.4. The molecule has 1 atom stereocenters. The Balaban J connectivity index is 1.78. The van der Waals surface area contributed by atoms with Gasteiger partial charge in [0.15, 0.2) is 0 Å². The number of rotatable bonds is 2. The second kappa shape index (κ2) is 4.58. The number of amides is 1. The van der Waals surface area contributed by atoms with Gasteiger partial charge in [-0.2, -0.15) is 0 Å². The van der Waals surface area contributed by atoms with E-state index < -0.39 is 0 Å². The largest absolute Gasteiger partial charge is 0.361 e. The third-order valence-corrected chi connectivity index (χ3v) is 4.09. The normalized spacial score (nSPS) is 20.9. The molecule has 1 aliphatic heterocycles. The summed E-state index contributed by atoms with van der Waals surface area (Å²) in [7, 11) is 0. The SMILES string of the molecule is O=C1c2ccccc2N[C@H](c2ccc(F)cc2)N1C1CC1. The van der Waals surface area contributed by atoms with Crippen molar-refractivity contribution in [2.75, 3.05) is 5.32 Å². The number of nitrogens with one attached hydrogen (secondary N) is 1. The van der Waals surface area contributed by atoms with Crippen LogP contribution in [0.1, 0.15) is 34.9 Å². The summed E-state index contributed by atoms with van der Waals surface area (Å²) < 4.78 is 13.1. The summed E-state index contributed by atoms with van der Waals surface area (Å²) in [4.78, 5) is 14.7. The molecule has 2 aromatic rings. The van der Waals surface area contributed by atoms with Gasteiger partial charge in [-0.3, -0.25) is 4.79 Å². The molecule has 0 aromatic heterocycles. The minimum atomic E-state index is -0.265. The van der Waals surface area contributed by atoms with Crippen LogP contribution < -0.4 is 5.32 Å². The van der Waals surface area contributed by atoms with E-state index in [-0.39, 0.29) is 23.9 Å². The van der Waals surface area contributed by atoms with Crippen LogP contribution in [0.3, 0.4) is 0 Å². The van der Waals surface area contributed by atoms with Crippen LogP contribution in [0.15, 0.2) is 48.5 Å². The van der Waals surface area contributed by atoms with E-state index in [0.717, 1.165) is 24.1 Å². The van der Waals surface area contributed by atoms with Gasteiger partial charge < -0.3 is 10.2 Å². The van der Waals surface area contributed by atoms with Crippen LogP contribution in [0.5, 0.6) is 0 Å². The second-order valence-electron chi connectivity index (χ2n) is 5.59. The monoisotopic (exact) mass is 282 g/mol. The molecule has 4 heteroatoms. The van der Waals surface area contributed by atoms with Crippen molar-refractivity contribution in [3.05, 3.63) is 65.5 Å². The first-order chi connectivity index (χ1) is 10.2. The summed E-state index contributed by atoms with van der Waals surface area (Å²) in [5.41, 5.74) is 2.46. The van der Waals surface area contributed by atoms with Crippen molar-refractivity contribution in [3.63, 3.8) is 0 Å². The number of anilines is 1. The van der Waals surface area contributed by atoms with Gasteiger partial charge in [-0.25, -0.2) is 4.39 Å². The topological polar surface area (TPSA) is 32.3 Å². The van der Waals surface area contributed by atoms with Crippen LogP contribution >= 0.6 is 0 Å². The van der Waals surface area contributed by atoms with E-state index in [0.29, 0.717) is 5.56 Å². The van der Waals surface area contributed by atoms with Gasteiger partial charge in [0.25, 0.3) is 5.91 Å². The zero-order chi connectivity index (χ0) is 14.4. The molecule has 4 rings (SSSR count). The molecule has 106 valence electrons. The Morgan fingerprint density at radius 3 is 2.48 bits per heavy atom. The Morgan fingerprint density at radius 1 is 1.05 bits per heavy atom. The lowest BCUT2D eigenvalue weighted by atomic mass is 10.0. The predicted molar refractivity (Wildman–Crippen MR) is 78.4 cm³/mol. The van der Waals surface area contributed by atoms with E-state index in [2.05, 4.69) is 5.32 Å². The van der Waals surface area contributed by atoms with E-state index in [4.69, 9.17) is 0 Å². The maximum Gasteiger partial charge on any atom is 0.258 e. The van der Waals surface area contributed by atoms with Gasteiger partial charge in [-0.1, -0.05) is 24.3 Å². The number of carbonyl (C=O) groups excluding carboxylic acids is 1. The van der Waals surface area contributed by atoms with Gasteiger partial charge in [-0.15, -0.1) is 0 Å². The van der Waals surface area contributed by atoms with Gasteiger partial charge in [0.1, 0.15) is 12.0 Å². The molecular formula is C17H15FN2O. The number of fused-ring (bicyclic) bond motifs is 1. The van der Waals surface area contributed by atoms with Crippen molar-refractivity contribution >= 4 is 11.6 Å². The van der Waals surface area contributed by atoms with Crippen LogP contribution in [0.4, 0.5) is 10.1 Å². The van der Waals surface area contributed by atoms with E-state index >= 15 is 0 Å². The first kappa shape index (κ1) is 12.4. The molecule has 21 heavy (non-hydrogen) atoms. The third kappa shape index (κ3) is 2.07. The molecule has 0 unspecified atom stereocenters. The first-order valence-corrected chi connectivity index (χ1v) is 7.18. The smallest absolute Gasteiger partial charge is 0.258 e. The molecule has 0 saturated heterocycles. The summed E-state index contributed by atoms with van der Waals surface area (Å²) >= 11 is 0. The van der Waals surface area contributed by atoms with Gasteiger partial charge in [-0.05, 0) is 42.7 Å². The highest BCUT2D eigenvalue weighted by Gasteiger charge is 2.41. The molecule has 1 amide bonds. The Kier molecular flexibility index (Phi) is 2.70. The lowest BCUT2D eigenvalue weighted by molar-refractivity contribution is 0.0666. The minimum absolute atomic E-state index is 0.0566. The molecule has 1 aliphatic carbocycles. The lowest BCUT2D eigenvalue weighted by Gasteiger charge is -2.38. The van der Waals surface area contributed by atoms with Crippen LogP contribution in [-0.4, -0.2) is 16.8 Å². The predicted octanol–water partition coefficient (Wildman–Crippen LogP) is 3.55. The number of benzene rings is 2. The summed E-state index contributed by atoms with van der Waals surface area (Å²) in [5, 5.41) is 3.42. The van der Waals surface area contributed by atoms with Crippen molar-refractivity contribution in [1.82, 2.24) is 4.90 Å². The molecule has 1 saturated carbocycles. The van der Waals surface area contributed by atoms with Crippen LogP contribution in [0, 0.1) is 5.82 Å². The fourth-order valence-electron chi connectivity index (χ4n) is 2.89. The highest BCUT2D eigenvalue weighted by molar-refractivity contribution is 6.02. The molecule has 1 heterocycles. The van der Waals surface area contributed by atoms with Crippen molar-refractivity contribution in [3.8, 4) is 0 Å². The first-order valence-electron chi connectivity index (χ1n) is 7.18. The fourth-order valence-corrected chi connectivity index (χ4v) is 2.89. The van der Waals surface area contributed by atoms with Gasteiger partial charge in [0, 0.05) is 11.7 Å². The van der Waals surface area contributed by atoms with Gasteiger partial charge >= 0.3 is 0 Å². The summed E-state index contributed by atoms with van der Waals surface area (Å²) in [5.74, 6) is -0.208. The summed E-state index contributed by atoms with van der Waals surface area (Å²) in [6, 6.07) is 14.2. The average molecular weight is 282 g/mol. The van der Waals surface area contributed by atoms with Crippen LogP contribution in [0.2, 0.25) is 0 Å². The number of hydrogen-bond donors (Lipinski definition) is 1. The van der Waals surface area contributed by atoms with Crippen LogP contribution in [0.25, 0.3) is 0 Å². The third-order valence-electron chi connectivity index (χ3n) is 4.09. The maximum absolute atomic E-state index is 13.1. The van der Waals surface area contributed by atoms with E-state index in [9.17, 15) is 9.18 Å².